The summed E-state index contributed by atoms with van der Waals surface area (Å²) >= 11 is 0. The third-order valence-corrected chi connectivity index (χ3v) is 4.07. The van der Waals surface area contributed by atoms with Crippen molar-refractivity contribution < 1.29 is 19.1 Å². The summed E-state index contributed by atoms with van der Waals surface area (Å²) in [7, 11) is 0. The smallest absolute Gasteiger partial charge is 0.330 e. The van der Waals surface area contributed by atoms with Crippen LogP contribution < -0.4 is 0 Å². The van der Waals surface area contributed by atoms with Gasteiger partial charge >= 0.3 is 11.9 Å². The third-order valence-electron chi connectivity index (χ3n) is 4.07. The standard InChI is InChI=1S/C17H28O4/c1-3-7-14-8-10-15(11-9-14)17(19)21-13-6-5-12-20-16(18)4-2/h4,14-15H,2-3,5-13H2,1H3/t14-,15-. The average molecular weight is 296 g/mol. The van der Waals surface area contributed by atoms with E-state index in [0.29, 0.717) is 19.6 Å². The van der Waals surface area contributed by atoms with Gasteiger partial charge in [-0.3, -0.25) is 4.79 Å². The minimum atomic E-state index is -0.407. The molecule has 0 aromatic rings. The summed E-state index contributed by atoms with van der Waals surface area (Å²) in [4.78, 5) is 22.7. The summed E-state index contributed by atoms with van der Waals surface area (Å²) in [5, 5.41) is 0. The van der Waals surface area contributed by atoms with Crippen molar-refractivity contribution >= 4 is 11.9 Å². The zero-order valence-electron chi connectivity index (χ0n) is 13.1. The zero-order valence-corrected chi connectivity index (χ0v) is 13.1. The van der Waals surface area contributed by atoms with Crippen LogP contribution in [0.1, 0.15) is 58.3 Å². The van der Waals surface area contributed by atoms with Crippen molar-refractivity contribution in [3.63, 3.8) is 0 Å². The number of hydrogen-bond donors (Lipinski definition) is 0. The Morgan fingerprint density at radius 1 is 1.10 bits per heavy atom. The van der Waals surface area contributed by atoms with E-state index in [2.05, 4.69) is 13.5 Å². The first kappa shape index (κ1) is 17.7. The molecule has 0 aliphatic heterocycles. The van der Waals surface area contributed by atoms with Crippen LogP contribution in [0.3, 0.4) is 0 Å². The third kappa shape index (κ3) is 7.30. The molecule has 4 heteroatoms. The Balaban J connectivity index is 2.04. The maximum Gasteiger partial charge on any atom is 0.330 e. The number of ether oxygens (including phenoxy) is 2. The van der Waals surface area contributed by atoms with Crippen LogP contribution in [0.5, 0.6) is 0 Å². The Morgan fingerprint density at radius 2 is 1.71 bits per heavy atom. The van der Waals surface area contributed by atoms with E-state index in [1.165, 1.54) is 12.8 Å². The van der Waals surface area contributed by atoms with E-state index in [-0.39, 0.29) is 11.9 Å². The lowest BCUT2D eigenvalue weighted by molar-refractivity contribution is -0.150. The topological polar surface area (TPSA) is 52.6 Å². The highest BCUT2D eigenvalue weighted by Crippen LogP contribution is 2.32. The van der Waals surface area contributed by atoms with Crippen LogP contribution in [-0.2, 0) is 19.1 Å². The molecule has 0 radical (unpaired) electrons. The van der Waals surface area contributed by atoms with Crippen molar-refractivity contribution in [2.45, 2.75) is 58.3 Å². The normalized spacial score (nSPS) is 21.6. The van der Waals surface area contributed by atoms with Gasteiger partial charge in [0.05, 0.1) is 19.1 Å². The van der Waals surface area contributed by atoms with Crippen molar-refractivity contribution in [1.29, 1.82) is 0 Å². The van der Waals surface area contributed by atoms with E-state index < -0.39 is 5.97 Å². The highest BCUT2D eigenvalue weighted by Gasteiger charge is 2.26. The summed E-state index contributed by atoms with van der Waals surface area (Å²) < 4.78 is 10.2. The fourth-order valence-corrected chi connectivity index (χ4v) is 2.82. The maximum absolute atomic E-state index is 11.9. The molecule has 0 aromatic carbocycles. The van der Waals surface area contributed by atoms with Crippen LogP contribution in [0, 0.1) is 11.8 Å². The molecule has 1 aliphatic carbocycles. The Morgan fingerprint density at radius 3 is 2.29 bits per heavy atom. The summed E-state index contributed by atoms with van der Waals surface area (Å²) in [6.45, 7) is 6.31. The molecule has 0 amide bonds. The molecular formula is C17H28O4. The van der Waals surface area contributed by atoms with Crippen LogP contribution >= 0.6 is 0 Å². The molecule has 0 atom stereocenters. The summed E-state index contributed by atoms with van der Waals surface area (Å²) in [5.41, 5.74) is 0. The van der Waals surface area contributed by atoms with Gasteiger partial charge in [0.15, 0.2) is 0 Å². The molecule has 0 N–H and O–H groups in total. The monoisotopic (exact) mass is 296 g/mol. The van der Waals surface area contributed by atoms with E-state index >= 15 is 0 Å². The molecule has 1 aliphatic rings. The van der Waals surface area contributed by atoms with Crippen LogP contribution in [0.4, 0.5) is 0 Å². The van der Waals surface area contributed by atoms with Crippen molar-refractivity contribution in [3.8, 4) is 0 Å². The van der Waals surface area contributed by atoms with E-state index in [0.717, 1.165) is 44.1 Å². The molecule has 0 heterocycles. The molecule has 0 saturated heterocycles. The van der Waals surface area contributed by atoms with Gasteiger partial charge in [-0.2, -0.15) is 0 Å². The highest BCUT2D eigenvalue weighted by molar-refractivity contribution is 5.81. The molecule has 1 saturated carbocycles. The zero-order chi connectivity index (χ0) is 15.5. The fourth-order valence-electron chi connectivity index (χ4n) is 2.82. The van der Waals surface area contributed by atoms with E-state index in [9.17, 15) is 9.59 Å². The van der Waals surface area contributed by atoms with Crippen molar-refractivity contribution in [1.82, 2.24) is 0 Å². The van der Waals surface area contributed by atoms with Gasteiger partial charge in [0, 0.05) is 6.08 Å². The minimum absolute atomic E-state index is 0.0481. The lowest BCUT2D eigenvalue weighted by atomic mass is 9.80. The van der Waals surface area contributed by atoms with Crippen LogP contribution in [-0.4, -0.2) is 25.2 Å². The molecule has 1 rings (SSSR count). The first-order valence-electron chi connectivity index (χ1n) is 8.13. The van der Waals surface area contributed by atoms with Crippen LogP contribution in [0.25, 0.3) is 0 Å². The fraction of sp³-hybridized carbons (Fsp3) is 0.765. The molecule has 120 valence electrons. The summed E-state index contributed by atoms with van der Waals surface area (Å²) in [5.74, 6) is 0.444. The first-order chi connectivity index (χ1) is 10.2. The second-order valence-electron chi connectivity index (χ2n) is 5.75. The van der Waals surface area contributed by atoms with E-state index in [1.807, 2.05) is 0 Å². The molecule has 4 nitrogen and oxygen atoms in total. The lowest BCUT2D eigenvalue weighted by Gasteiger charge is -2.26. The predicted octanol–water partition coefficient (Wildman–Crippen LogP) is 3.65. The molecule has 1 fully saturated rings. The van der Waals surface area contributed by atoms with Gasteiger partial charge in [-0.25, -0.2) is 4.79 Å². The maximum atomic E-state index is 11.9. The largest absolute Gasteiger partial charge is 0.465 e. The number of rotatable bonds is 9. The highest BCUT2D eigenvalue weighted by atomic mass is 16.5. The second kappa shape index (κ2) is 10.4. The molecule has 0 bridgehead atoms. The number of esters is 2. The SMILES string of the molecule is C=CC(=O)OCCCCOC(=O)[C@H]1CC[C@H](CCC)CC1. The van der Waals surface area contributed by atoms with Gasteiger partial charge < -0.3 is 9.47 Å². The van der Waals surface area contributed by atoms with Crippen LogP contribution in [0.2, 0.25) is 0 Å². The number of carbonyl (C=O) groups is 2. The lowest BCUT2D eigenvalue weighted by Crippen LogP contribution is -2.24. The van der Waals surface area contributed by atoms with Gasteiger partial charge in [-0.1, -0.05) is 26.3 Å². The summed E-state index contributed by atoms with van der Waals surface area (Å²) in [6, 6.07) is 0. The first-order valence-corrected chi connectivity index (χ1v) is 8.13. The van der Waals surface area contributed by atoms with E-state index in [4.69, 9.17) is 9.47 Å². The van der Waals surface area contributed by atoms with Gasteiger partial charge in [0.25, 0.3) is 0 Å². The Bertz CT molecular complexity index is 330. The summed E-state index contributed by atoms with van der Waals surface area (Å²) in [6.07, 6.45) is 9.35. The van der Waals surface area contributed by atoms with Gasteiger partial charge in [-0.05, 0) is 44.4 Å². The number of carbonyl (C=O) groups excluding carboxylic acids is 2. The predicted molar refractivity (Wildman–Crippen MR) is 81.7 cm³/mol. The van der Waals surface area contributed by atoms with Gasteiger partial charge in [0.2, 0.25) is 0 Å². The Labute approximate surface area is 127 Å². The minimum Gasteiger partial charge on any atom is -0.465 e. The average Bonchev–Trinajstić information content (AvgIpc) is 2.51. The van der Waals surface area contributed by atoms with Crippen LogP contribution in [0.15, 0.2) is 12.7 Å². The molecule has 0 spiro atoms. The van der Waals surface area contributed by atoms with Crippen molar-refractivity contribution in [2.75, 3.05) is 13.2 Å². The van der Waals surface area contributed by atoms with Crippen molar-refractivity contribution in [3.05, 3.63) is 12.7 Å². The molecule has 0 aromatic heterocycles. The number of unbranched alkanes of at least 4 members (excludes halogenated alkanes) is 1. The Hall–Kier alpha value is -1.32. The molecule has 0 unspecified atom stereocenters. The number of hydrogen-bond acceptors (Lipinski definition) is 4. The quantitative estimate of drug-likeness (QED) is 0.370. The van der Waals surface area contributed by atoms with E-state index in [1.54, 1.807) is 0 Å². The molecule has 21 heavy (non-hydrogen) atoms. The van der Waals surface area contributed by atoms with Gasteiger partial charge in [0.1, 0.15) is 0 Å². The van der Waals surface area contributed by atoms with Crippen molar-refractivity contribution in [2.24, 2.45) is 11.8 Å². The second-order valence-corrected chi connectivity index (χ2v) is 5.75. The molecular weight excluding hydrogens is 268 g/mol. The Kier molecular flexibility index (Phi) is 8.79. The van der Waals surface area contributed by atoms with Gasteiger partial charge in [-0.15, -0.1) is 0 Å².